The van der Waals surface area contributed by atoms with Crippen molar-refractivity contribution in [2.24, 2.45) is 5.92 Å². The molecule has 1 aromatic carbocycles. The molecule has 0 aromatic heterocycles. The van der Waals surface area contributed by atoms with Crippen LogP contribution in [0.2, 0.25) is 0 Å². The third-order valence-corrected chi connectivity index (χ3v) is 4.10. The molecular formula is C18H21N3O6. The highest BCUT2D eigenvalue weighted by Gasteiger charge is 2.45. The van der Waals surface area contributed by atoms with Gasteiger partial charge in [0.1, 0.15) is 6.04 Å². The molecule has 0 saturated heterocycles. The van der Waals surface area contributed by atoms with Crippen LogP contribution in [0.3, 0.4) is 0 Å². The molecule has 0 unspecified atom stereocenters. The summed E-state index contributed by atoms with van der Waals surface area (Å²) in [7, 11) is 1.33. The molecule has 0 aliphatic carbocycles. The Morgan fingerprint density at radius 3 is 1.96 bits per heavy atom. The molecule has 0 saturated carbocycles. The van der Waals surface area contributed by atoms with Crippen LogP contribution in [0.1, 0.15) is 41.5 Å². The largest absolute Gasteiger partial charge is 0.451 e. The van der Waals surface area contributed by atoms with Gasteiger partial charge in [0.15, 0.2) is 6.10 Å². The Balaban J connectivity index is 2.20. The van der Waals surface area contributed by atoms with Crippen LogP contribution in [-0.4, -0.2) is 53.8 Å². The molecule has 1 aliphatic heterocycles. The molecule has 1 heterocycles. The number of benzene rings is 1. The van der Waals surface area contributed by atoms with Gasteiger partial charge in [-0.3, -0.25) is 24.6 Å². The second-order valence-electron chi connectivity index (χ2n) is 6.36. The van der Waals surface area contributed by atoms with Gasteiger partial charge in [-0.2, -0.15) is 0 Å². The van der Waals surface area contributed by atoms with E-state index in [1.165, 1.54) is 26.1 Å². The van der Waals surface area contributed by atoms with Gasteiger partial charge in [-0.1, -0.05) is 26.0 Å². The molecule has 144 valence electrons. The van der Waals surface area contributed by atoms with Crippen molar-refractivity contribution in [3.05, 3.63) is 35.4 Å². The standard InChI is InChI=1S/C18H21N3O6/c1-9(2)13(17(25)27-10(3)14(22)20-18(26)19-4)21-15(23)11-7-5-6-8-12(11)16(21)24/h5-10,13H,1-4H3,(H2,19,20,22,26)/t10-,13+/m0/s1. The number of hydrogen-bond acceptors (Lipinski definition) is 6. The van der Waals surface area contributed by atoms with Gasteiger partial charge >= 0.3 is 12.0 Å². The van der Waals surface area contributed by atoms with E-state index in [9.17, 15) is 24.0 Å². The number of hydrogen-bond donors (Lipinski definition) is 2. The van der Waals surface area contributed by atoms with Crippen molar-refractivity contribution in [2.75, 3.05) is 7.05 Å². The first-order valence-electron chi connectivity index (χ1n) is 8.39. The topological polar surface area (TPSA) is 122 Å². The first-order valence-corrected chi connectivity index (χ1v) is 8.39. The van der Waals surface area contributed by atoms with E-state index in [1.807, 2.05) is 5.32 Å². The summed E-state index contributed by atoms with van der Waals surface area (Å²) in [6, 6.07) is 4.33. The zero-order valence-electron chi connectivity index (χ0n) is 15.4. The van der Waals surface area contributed by atoms with Gasteiger partial charge in [0, 0.05) is 7.05 Å². The van der Waals surface area contributed by atoms with Crippen LogP contribution in [-0.2, 0) is 14.3 Å². The lowest BCUT2D eigenvalue weighted by Crippen LogP contribution is -2.51. The Morgan fingerprint density at radius 2 is 1.52 bits per heavy atom. The quantitative estimate of drug-likeness (QED) is 0.577. The van der Waals surface area contributed by atoms with E-state index < -0.39 is 47.8 Å². The molecule has 0 bridgehead atoms. The molecule has 27 heavy (non-hydrogen) atoms. The van der Waals surface area contributed by atoms with Crippen molar-refractivity contribution in [3.63, 3.8) is 0 Å². The van der Waals surface area contributed by atoms with Crippen molar-refractivity contribution in [1.29, 1.82) is 0 Å². The number of imide groups is 2. The predicted octanol–water partition coefficient (Wildman–Crippen LogP) is 0.694. The molecule has 9 nitrogen and oxygen atoms in total. The first-order chi connectivity index (χ1) is 12.7. The van der Waals surface area contributed by atoms with Crippen molar-refractivity contribution >= 4 is 29.7 Å². The third kappa shape index (κ3) is 3.97. The number of nitrogens with one attached hydrogen (secondary N) is 2. The third-order valence-electron chi connectivity index (χ3n) is 4.10. The SMILES string of the molecule is CNC(=O)NC(=O)[C@H](C)OC(=O)[C@@H](C(C)C)N1C(=O)c2ccccc2C1=O. The zero-order valence-corrected chi connectivity index (χ0v) is 15.4. The number of nitrogens with zero attached hydrogens (tertiary/aromatic N) is 1. The lowest BCUT2D eigenvalue weighted by molar-refractivity contribution is -0.159. The van der Waals surface area contributed by atoms with Crippen molar-refractivity contribution in [3.8, 4) is 0 Å². The van der Waals surface area contributed by atoms with Gasteiger partial charge in [-0.15, -0.1) is 0 Å². The average Bonchev–Trinajstić information content (AvgIpc) is 2.87. The highest BCUT2D eigenvalue weighted by Crippen LogP contribution is 2.27. The number of rotatable bonds is 5. The fraction of sp³-hybridized carbons (Fsp3) is 0.389. The van der Waals surface area contributed by atoms with Crippen LogP contribution in [0.25, 0.3) is 0 Å². The summed E-state index contributed by atoms with van der Waals surface area (Å²) in [6.45, 7) is 4.60. The molecule has 2 atom stereocenters. The summed E-state index contributed by atoms with van der Waals surface area (Å²) in [6.07, 6.45) is -1.29. The molecule has 0 fully saturated rings. The lowest BCUT2D eigenvalue weighted by Gasteiger charge is -2.28. The second kappa shape index (κ2) is 7.98. The monoisotopic (exact) mass is 375 g/mol. The number of carbonyl (C=O) groups is 5. The molecule has 0 spiro atoms. The Labute approximate surface area is 156 Å². The van der Waals surface area contributed by atoms with Crippen molar-refractivity contribution in [1.82, 2.24) is 15.5 Å². The summed E-state index contributed by atoms with van der Waals surface area (Å²) in [5, 5.41) is 4.19. The summed E-state index contributed by atoms with van der Waals surface area (Å²) in [5.74, 6) is -3.36. The number of fused-ring (bicyclic) bond motifs is 1. The number of ether oxygens (including phenoxy) is 1. The number of carbonyl (C=O) groups excluding carboxylic acids is 5. The average molecular weight is 375 g/mol. The van der Waals surface area contributed by atoms with Crippen LogP contribution >= 0.6 is 0 Å². The highest BCUT2D eigenvalue weighted by molar-refractivity contribution is 6.22. The fourth-order valence-electron chi connectivity index (χ4n) is 2.71. The van der Waals surface area contributed by atoms with Gasteiger partial charge in [-0.05, 0) is 25.0 Å². The Hall–Kier alpha value is -3.23. The minimum Gasteiger partial charge on any atom is -0.451 e. The normalized spacial score (nSPS) is 15.2. The van der Waals surface area contributed by atoms with Gasteiger partial charge in [-0.25, -0.2) is 9.59 Å². The Bertz CT molecular complexity index is 769. The van der Waals surface area contributed by atoms with Crippen molar-refractivity contribution in [2.45, 2.75) is 32.9 Å². The van der Waals surface area contributed by atoms with Crippen LogP contribution in [0, 0.1) is 5.92 Å². The van der Waals surface area contributed by atoms with Crippen molar-refractivity contribution < 1.29 is 28.7 Å². The summed E-state index contributed by atoms with van der Waals surface area (Å²) in [4.78, 5) is 61.8. The summed E-state index contributed by atoms with van der Waals surface area (Å²) >= 11 is 0. The van der Waals surface area contributed by atoms with Crippen LogP contribution in [0.15, 0.2) is 24.3 Å². The highest BCUT2D eigenvalue weighted by atomic mass is 16.5. The molecular weight excluding hydrogens is 354 g/mol. The molecule has 2 rings (SSSR count). The Kier molecular flexibility index (Phi) is 5.94. The van der Waals surface area contributed by atoms with Gasteiger partial charge < -0.3 is 10.1 Å². The molecule has 2 N–H and O–H groups in total. The molecule has 0 radical (unpaired) electrons. The molecule has 1 aliphatic rings. The fourth-order valence-corrected chi connectivity index (χ4v) is 2.71. The van der Waals surface area contributed by atoms with Gasteiger partial charge in [0.05, 0.1) is 11.1 Å². The predicted molar refractivity (Wildman–Crippen MR) is 93.7 cm³/mol. The minimum absolute atomic E-state index is 0.214. The van der Waals surface area contributed by atoms with E-state index in [-0.39, 0.29) is 11.1 Å². The lowest BCUT2D eigenvalue weighted by atomic mass is 10.0. The zero-order chi connectivity index (χ0) is 20.3. The van der Waals surface area contributed by atoms with Crippen LogP contribution in [0.4, 0.5) is 4.79 Å². The van der Waals surface area contributed by atoms with E-state index in [0.717, 1.165) is 4.90 Å². The van der Waals surface area contributed by atoms with Gasteiger partial charge in [0.25, 0.3) is 17.7 Å². The molecule has 9 heteroatoms. The first kappa shape index (κ1) is 20.1. The van der Waals surface area contributed by atoms with E-state index >= 15 is 0 Å². The van der Waals surface area contributed by atoms with Gasteiger partial charge in [0.2, 0.25) is 0 Å². The maximum absolute atomic E-state index is 12.6. The number of amides is 5. The summed E-state index contributed by atoms with van der Waals surface area (Å²) in [5.41, 5.74) is 0.428. The van der Waals surface area contributed by atoms with E-state index in [1.54, 1.807) is 26.0 Å². The van der Waals surface area contributed by atoms with E-state index in [2.05, 4.69) is 5.32 Å². The summed E-state index contributed by atoms with van der Waals surface area (Å²) < 4.78 is 5.11. The number of urea groups is 1. The smallest absolute Gasteiger partial charge is 0.330 e. The minimum atomic E-state index is -1.29. The van der Waals surface area contributed by atoms with Crippen LogP contribution < -0.4 is 10.6 Å². The van der Waals surface area contributed by atoms with Crippen LogP contribution in [0.5, 0.6) is 0 Å². The maximum Gasteiger partial charge on any atom is 0.330 e. The second-order valence-corrected chi connectivity index (χ2v) is 6.36. The van der Waals surface area contributed by atoms with E-state index in [4.69, 9.17) is 4.74 Å². The van der Waals surface area contributed by atoms with E-state index in [0.29, 0.717) is 0 Å². The molecule has 5 amide bonds. The maximum atomic E-state index is 12.6. The molecule has 1 aromatic rings. The Morgan fingerprint density at radius 1 is 1.00 bits per heavy atom. The number of esters is 1.